The zero-order valence-electron chi connectivity index (χ0n) is 14.5. The van der Waals surface area contributed by atoms with E-state index in [1.807, 2.05) is 42.5 Å². The summed E-state index contributed by atoms with van der Waals surface area (Å²) < 4.78 is 18.6. The molecule has 0 amide bonds. The maximum Gasteiger partial charge on any atom is 0.143 e. The second-order valence-corrected chi connectivity index (χ2v) is 5.76. The highest BCUT2D eigenvalue weighted by Crippen LogP contribution is 2.15. The Balaban J connectivity index is 1.54. The molecule has 0 aliphatic heterocycles. The van der Waals surface area contributed by atoms with Crippen LogP contribution in [0.5, 0.6) is 5.75 Å². The molecule has 3 aromatic carbocycles. The van der Waals surface area contributed by atoms with Gasteiger partial charge in [-0.05, 0) is 41.5 Å². The number of nitriles is 1. The molecule has 0 atom stereocenters. The van der Waals surface area contributed by atoms with Gasteiger partial charge in [-0.3, -0.25) is 0 Å². The second-order valence-electron chi connectivity index (χ2n) is 5.76. The molecule has 0 saturated heterocycles. The largest absolute Gasteiger partial charge is 0.489 e. The van der Waals surface area contributed by atoms with Crippen LogP contribution in [0.25, 0.3) is 0 Å². The Morgan fingerprint density at radius 1 is 0.963 bits per heavy atom. The van der Waals surface area contributed by atoms with E-state index in [9.17, 15) is 4.39 Å². The highest BCUT2D eigenvalue weighted by Gasteiger charge is 2.01. The summed E-state index contributed by atoms with van der Waals surface area (Å²) in [6.07, 6.45) is 1.58. The molecule has 0 N–H and O–H groups in total. The minimum atomic E-state index is -0.269. The van der Waals surface area contributed by atoms with E-state index >= 15 is 0 Å². The summed E-state index contributed by atoms with van der Waals surface area (Å²) in [5.41, 5.74) is 3.06. The van der Waals surface area contributed by atoms with E-state index in [0.29, 0.717) is 17.9 Å². The number of rotatable bonds is 7. The van der Waals surface area contributed by atoms with Crippen molar-refractivity contribution in [2.75, 3.05) is 0 Å². The first-order valence-electron chi connectivity index (χ1n) is 8.35. The van der Waals surface area contributed by atoms with Crippen molar-refractivity contribution in [1.82, 2.24) is 0 Å². The first kappa shape index (κ1) is 18.2. The molecule has 0 fully saturated rings. The summed E-state index contributed by atoms with van der Waals surface area (Å²) >= 11 is 0. The Morgan fingerprint density at radius 2 is 1.78 bits per heavy atom. The Labute approximate surface area is 157 Å². The summed E-state index contributed by atoms with van der Waals surface area (Å²) in [7, 11) is 0. The molecule has 0 spiro atoms. The van der Waals surface area contributed by atoms with E-state index in [4.69, 9.17) is 14.8 Å². The van der Waals surface area contributed by atoms with Crippen molar-refractivity contribution in [2.45, 2.75) is 13.2 Å². The fourth-order valence-electron chi connectivity index (χ4n) is 2.39. The highest BCUT2D eigenvalue weighted by molar-refractivity contribution is 5.79. The van der Waals surface area contributed by atoms with Crippen molar-refractivity contribution in [2.24, 2.45) is 5.16 Å². The average molecular weight is 360 g/mol. The van der Waals surface area contributed by atoms with Crippen LogP contribution in [0.15, 0.2) is 78.0 Å². The zero-order chi connectivity index (χ0) is 18.9. The second kappa shape index (κ2) is 9.16. The Hall–Kier alpha value is -3.65. The molecular weight excluding hydrogens is 343 g/mol. The van der Waals surface area contributed by atoms with Crippen LogP contribution in [0.3, 0.4) is 0 Å². The summed E-state index contributed by atoms with van der Waals surface area (Å²) in [6, 6.07) is 22.9. The number of nitrogens with zero attached hydrogens (tertiary/aromatic N) is 2. The van der Waals surface area contributed by atoms with Crippen molar-refractivity contribution in [3.8, 4) is 11.8 Å². The van der Waals surface area contributed by atoms with E-state index < -0.39 is 0 Å². The SMILES string of the molecule is N#Cc1ccccc1CO/N=C\c1cccc(OCc2ccc(F)cc2)c1. The third-order valence-electron chi connectivity index (χ3n) is 3.81. The predicted octanol–water partition coefficient (Wildman–Crippen LogP) is 4.83. The quantitative estimate of drug-likeness (QED) is 0.448. The number of ether oxygens (including phenoxy) is 1. The summed E-state index contributed by atoms with van der Waals surface area (Å²) in [5, 5.41) is 13.0. The lowest BCUT2D eigenvalue weighted by Gasteiger charge is -2.07. The lowest BCUT2D eigenvalue weighted by atomic mass is 10.1. The molecule has 3 rings (SSSR count). The van der Waals surface area contributed by atoms with Crippen LogP contribution in [0.4, 0.5) is 4.39 Å². The standard InChI is InChI=1S/C22H17FN2O2/c23-21-10-8-17(9-11-21)15-26-22-7-3-4-18(12-22)14-25-27-16-20-6-2-1-5-19(20)13-24/h1-12,14H,15-16H2/b25-14-. The molecule has 0 unspecified atom stereocenters. The van der Waals surface area contributed by atoms with E-state index in [-0.39, 0.29) is 12.4 Å². The van der Waals surface area contributed by atoms with Crippen molar-refractivity contribution in [1.29, 1.82) is 5.26 Å². The monoisotopic (exact) mass is 360 g/mol. The molecule has 134 valence electrons. The summed E-state index contributed by atoms with van der Waals surface area (Å²) in [4.78, 5) is 5.29. The number of hydrogen-bond donors (Lipinski definition) is 0. The van der Waals surface area contributed by atoms with Gasteiger partial charge in [-0.1, -0.05) is 47.6 Å². The molecular formula is C22H17FN2O2. The number of halogens is 1. The molecule has 27 heavy (non-hydrogen) atoms. The molecule has 5 heteroatoms. The van der Waals surface area contributed by atoms with E-state index in [1.54, 1.807) is 24.4 Å². The van der Waals surface area contributed by atoms with Gasteiger partial charge in [0.05, 0.1) is 17.8 Å². The predicted molar refractivity (Wildman–Crippen MR) is 101 cm³/mol. The molecule has 0 heterocycles. The third-order valence-corrected chi connectivity index (χ3v) is 3.81. The van der Waals surface area contributed by atoms with Gasteiger partial charge in [0.1, 0.15) is 24.8 Å². The van der Waals surface area contributed by atoms with Gasteiger partial charge in [-0.25, -0.2) is 4.39 Å². The van der Waals surface area contributed by atoms with Crippen molar-refractivity contribution < 1.29 is 14.0 Å². The van der Waals surface area contributed by atoms with E-state index in [2.05, 4.69) is 11.2 Å². The van der Waals surface area contributed by atoms with Gasteiger partial charge in [0.15, 0.2) is 0 Å². The maximum absolute atomic E-state index is 12.9. The maximum atomic E-state index is 12.9. The molecule has 0 aliphatic carbocycles. The van der Waals surface area contributed by atoms with Crippen LogP contribution in [0.1, 0.15) is 22.3 Å². The Bertz CT molecular complexity index is 963. The van der Waals surface area contributed by atoms with E-state index in [1.165, 1.54) is 12.1 Å². The van der Waals surface area contributed by atoms with Crippen molar-refractivity contribution in [3.05, 3.63) is 101 Å². The van der Waals surface area contributed by atoms with Gasteiger partial charge in [0.2, 0.25) is 0 Å². The van der Waals surface area contributed by atoms with Gasteiger partial charge in [0.25, 0.3) is 0 Å². The van der Waals surface area contributed by atoms with Gasteiger partial charge < -0.3 is 9.57 Å². The minimum Gasteiger partial charge on any atom is -0.489 e. The summed E-state index contributed by atoms with van der Waals surface area (Å²) in [6.45, 7) is 0.573. The topological polar surface area (TPSA) is 54.6 Å². The molecule has 0 saturated carbocycles. The lowest BCUT2D eigenvalue weighted by molar-refractivity contribution is 0.132. The van der Waals surface area contributed by atoms with Crippen LogP contribution in [-0.2, 0) is 18.1 Å². The molecule has 0 aromatic heterocycles. The van der Waals surface area contributed by atoms with Gasteiger partial charge >= 0.3 is 0 Å². The lowest BCUT2D eigenvalue weighted by Crippen LogP contribution is -1.96. The van der Waals surface area contributed by atoms with Crippen LogP contribution in [0.2, 0.25) is 0 Å². The van der Waals surface area contributed by atoms with Gasteiger partial charge in [-0.15, -0.1) is 0 Å². The van der Waals surface area contributed by atoms with Crippen LogP contribution in [-0.4, -0.2) is 6.21 Å². The fraction of sp³-hybridized carbons (Fsp3) is 0.0909. The van der Waals surface area contributed by atoms with Crippen molar-refractivity contribution in [3.63, 3.8) is 0 Å². The minimum absolute atomic E-state index is 0.223. The first-order valence-corrected chi connectivity index (χ1v) is 8.35. The number of oxime groups is 1. The fourth-order valence-corrected chi connectivity index (χ4v) is 2.39. The number of benzene rings is 3. The average Bonchev–Trinajstić information content (AvgIpc) is 2.71. The molecule has 3 aromatic rings. The van der Waals surface area contributed by atoms with Crippen LogP contribution >= 0.6 is 0 Å². The van der Waals surface area contributed by atoms with Crippen molar-refractivity contribution >= 4 is 6.21 Å². The first-order chi connectivity index (χ1) is 13.2. The Kier molecular flexibility index (Phi) is 6.16. The van der Waals surface area contributed by atoms with Gasteiger partial charge in [0, 0.05) is 5.56 Å². The molecule has 4 nitrogen and oxygen atoms in total. The molecule has 0 radical (unpaired) electrons. The zero-order valence-corrected chi connectivity index (χ0v) is 14.5. The van der Waals surface area contributed by atoms with E-state index in [0.717, 1.165) is 16.7 Å². The third kappa shape index (κ3) is 5.41. The highest BCUT2D eigenvalue weighted by atomic mass is 19.1. The van der Waals surface area contributed by atoms with Crippen LogP contribution in [0, 0.1) is 17.1 Å². The number of hydrogen-bond acceptors (Lipinski definition) is 4. The van der Waals surface area contributed by atoms with Gasteiger partial charge in [-0.2, -0.15) is 5.26 Å². The smallest absolute Gasteiger partial charge is 0.143 e. The summed E-state index contributed by atoms with van der Waals surface area (Å²) in [5.74, 6) is 0.410. The normalized spacial score (nSPS) is 10.5. The Morgan fingerprint density at radius 3 is 2.59 bits per heavy atom. The molecule has 0 bridgehead atoms. The molecule has 0 aliphatic rings. The van der Waals surface area contributed by atoms with Crippen LogP contribution < -0.4 is 4.74 Å².